The molecule has 0 saturated carbocycles. The number of nitrogens with one attached hydrogen (secondary N) is 2. The molecule has 0 unspecified atom stereocenters. The quantitative estimate of drug-likeness (QED) is 0.171. The van der Waals surface area contributed by atoms with Crippen LogP contribution in [0.2, 0.25) is 0 Å². The Bertz CT molecular complexity index is 2570. The molecule has 0 saturated heterocycles. The summed E-state index contributed by atoms with van der Waals surface area (Å²) < 4.78 is 0. The van der Waals surface area contributed by atoms with Crippen molar-refractivity contribution in [3.05, 3.63) is 131 Å². The van der Waals surface area contributed by atoms with Gasteiger partial charge in [0.15, 0.2) is 0 Å². The maximum absolute atomic E-state index is 14.0. The molecule has 53 heavy (non-hydrogen) atoms. The second-order valence-electron chi connectivity index (χ2n) is 13.5. The Morgan fingerprint density at radius 3 is 1.57 bits per heavy atom. The minimum Gasteiger partial charge on any atom is -0.377 e. The van der Waals surface area contributed by atoms with E-state index in [4.69, 9.17) is 0 Å². The number of hydrogen-bond donors (Lipinski definition) is 2. The Morgan fingerprint density at radius 2 is 1.02 bits per heavy atom. The topological polar surface area (TPSA) is 122 Å². The molecule has 0 fully saturated rings. The van der Waals surface area contributed by atoms with E-state index in [0.29, 0.717) is 44.3 Å². The van der Waals surface area contributed by atoms with Gasteiger partial charge in [-0.1, -0.05) is 42.5 Å². The van der Waals surface area contributed by atoms with Crippen LogP contribution in [0.5, 0.6) is 0 Å². The van der Waals surface area contributed by atoms with Crippen LogP contribution >= 0.6 is 0 Å². The Morgan fingerprint density at radius 1 is 0.528 bits per heavy atom. The molecule has 11 heteroatoms. The van der Waals surface area contributed by atoms with Crippen molar-refractivity contribution in [3.63, 3.8) is 0 Å². The molecule has 262 valence electrons. The molecule has 6 aromatic carbocycles. The maximum Gasteiger partial charge on any atom is 0.323 e. The standard InChI is InChI=1S/C42H34N6O5/c1-23-16-17-24(47-38(49)27-12-8-10-25-33(45(2)3)20-18-29(36(25)27)39(47)50)22-32(23)44-42(53)43-31-14-6-7-15-35(31)48-40(51)28-13-9-11-26-34(46(4)5)21-19-30(37(26)28)41(48)52/h6-22H,1-5H3,(H2,43,44,53). The average molecular weight is 703 g/mol. The predicted molar refractivity (Wildman–Crippen MR) is 209 cm³/mol. The van der Waals surface area contributed by atoms with E-state index in [1.807, 2.05) is 62.3 Å². The molecule has 2 N–H and O–H groups in total. The number of carbonyl (C=O) groups excluding carboxylic acids is 5. The van der Waals surface area contributed by atoms with Crippen LogP contribution in [0.1, 0.15) is 47.0 Å². The fourth-order valence-electron chi connectivity index (χ4n) is 7.33. The van der Waals surface area contributed by atoms with Gasteiger partial charge >= 0.3 is 6.03 Å². The van der Waals surface area contributed by atoms with Gasteiger partial charge in [0, 0.05) is 89.1 Å². The van der Waals surface area contributed by atoms with Crippen molar-refractivity contribution >= 4 is 85.3 Å². The lowest BCUT2D eigenvalue weighted by atomic mass is 9.92. The Labute approximate surface area is 305 Å². The number of hydrogen-bond acceptors (Lipinski definition) is 7. The van der Waals surface area contributed by atoms with Gasteiger partial charge < -0.3 is 20.4 Å². The fourth-order valence-corrected chi connectivity index (χ4v) is 7.33. The van der Waals surface area contributed by atoms with E-state index in [2.05, 4.69) is 10.6 Å². The smallest absolute Gasteiger partial charge is 0.323 e. The molecule has 2 heterocycles. The van der Waals surface area contributed by atoms with Gasteiger partial charge in [-0.15, -0.1) is 0 Å². The highest BCUT2D eigenvalue weighted by Gasteiger charge is 2.37. The number of urea groups is 1. The van der Waals surface area contributed by atoms with Crippen molar-refractivity contribution < 1.29 is 24.0 Å². The Kier molecular flexibility index (Phi) is 7.72. The third-order valence-corrected chi connectivity index (χ3v) is 9.85. The highest BCUT2D eigenvalue weighted by Crippen LogP contribution is 2.40. The summed E-state index contributed by atoms with van der Waals surface area (Å²) >= 11 is 0. The molecule has 0 aliphatic carbocycles. The number of benzene rings is 6. The molecule has 2 aliphatic rings. The lowest BCUT2D eigenvalue weighted by molar-refractivity contribution is 0.0878. The summed E-state index contributed by atoms with van der Waals surface area (Å²) in [6, 6.07) is 28.8. The summed E-state index contributed by atoms with van der Waals surface area (Å²) in [4.78, 5) is 75.5. The van der Waals surface area contributed by atoms with Crippen LogP contribution in [0.25, 0.3) is 21.5 Å². The van der Waals surface area contributed by atoms with Crippen molar-refractivity contribution in [2.24, 2.45) is 0 Å². The zero-order valence-corrected chi connectivity index (χ0v) is 29.6. The van der Waals surface area contributed by atoms with Crippen LogP contribution in [0.15, 0.2) is 103 Å². The van der Waals surface area contributed by atoms with Crippen molar-refractivity contribution in [2.75, 3.05) is 58.4 Å². The third-order valence-electron chi connectivity index (χ3n) is 9.85. The minimum absolute atomic E-state index is 0.206. The lowest BCUT2D eigenvalue weighted by Crippen LogP contribution is -2.41. The molecule has 11 nitrogen and oxygen atoms in total. The second-order valence-corrected chi connectivity index (χ2v) is 13.5. The summed E-state index contributed by atoms with van der Waals surface area (Å²) in [5.74, 6) is -1.95. The first-order chi connectivity index (χ1) is 25.5. The van der Waals surface area contributed by atoms with Crippen LogP contribution in [-0.2, 0) is 0 Å². The van der Waals surface area contributed by atoms with Crippen molar-refractivity contribution in [3.8, 4) is 0 Å². The van der Waals surface area contributed by atoms with Crippen LogP contribution in [-0.4, -0.2) is 57.9 Å². The summed E-state index contributed by atoms with van der Waals surface area (Å²) in [5, 5.41) is 8.43. The SMILES string of the molecule is Cc1ccc(N2C(=O)c3cccc4c(N(C)C)ccc(c34)C2=O)cc1NC(=O)Nc1ccccc1N1C(=O)c2cccc3c(N(C)C)ccc(c23)C1=O. The molecule has 2 aliphatic heterocycles. The minimum atomic E-state index is -0.657. The molecule has 0 atom stereocenters. The molecule has 0 aromatic heterocycles. The highest BCUT2D eigenvalue weighted by molar-refractivity contribution is 6.38. The third kappa shape index (κ3) is 5.16. The van der Waals surface area contributed by atoms with Gasteiger partial charge in [-0.25, -0.2) is 14.6 Å². The number of nitrogens with zero attached hydrogens (tertiary/aromatic N) is 4. The summed E-state index contributed by atoms with van der Waals surface area (Å²) in [6.07, 6.45) is 0. The first-order valence-electron chi connectivity index (χ1n) is 17.0. The van der Waals surface area contributed by atoms with Gasteiger partial charge in [0.2, 0.25) is 0 Å². The average Bonchev–Trinajstić information content (AvgIpc) is 3.14. The molecule has 6 aromatic rings. The number of imide groups is 2. The van der Waals surface area contributed by atoms with Crippen LogP contribution in [0, 0.1) is 6.92 Å². The number of rotatable bonds is 6. The Balaban J connectivity index is 1.08. The zero-order valence-electron chi connectivity index (χ0n) is 29.6. The molecule has 8 rings (SSSR count). The van der Waals surface area contributed by atoms with Gasteiger partial charge in [-0.2, -0.15) is 0 Å². The van der Waals surface area contributed by atoms with E-state index in [1.165, 1.54) is 0 Å². The number of amides is 6. The number of aryl methyl sites for hydroxylation is 1. The number of carbonyl (C=O) groups is 5. The molecule has 0 spiro atoms. The number of anilines is 6. The summed E-state index contributed by atoms with van der Waals surface area (Å²) in [5.41, 5.74) is 5.10. The van der Waals surface area contributed by atoms with Gasteiger partial charge in [-0.3, -0.25) is 19.2 Å². The van der Waals surface area contributed by atoms with E-state index in [-0.39, 0.29) is 17.1 Å². The van der Waals surface area contributed by atoms with E-state index in [0.717, 1.165) is 31.9 Å². The highest BCUT2D eigenvalue weighted by atomic mass is 16.2. The maximum atomic E-state index is 14.0. The van der Waals surface area contributed by atoms with Crippen molar-refractivity contribution in [1.82, 2.24) is 0 Å². The first-order valence-corrected chi connectivity index (χ1v) is 17.0. The zero-order chi connectivity index (χ0) is 37.3. The fraction of sp³-hybridized carbons (Fsp3) is 0.119. The normalized spacial score (nSPS) is 13.5. The summed E-state index contributed by atoms with van der Waals surface area (Å²) in [7, 11) is 7.62. The van der Waals surface area contributed by atoms with Gasteiger partial charge in [0.05, 0.1) is 17.1 Å². The lowest BCUT2D eigenvalue weighted by Gasteiger charge is -2.30. The van der Waals surface area contributed by atoms with Crippen molar-refractivity contribution in [2.45, 2.75) is 6.92 Å². The molecular weight excluding hydrogens is 668 g/mol. The van der Waals surface area contributed by atoms with Gasteiger partial charge in [0.25, 0.3) is 23.6 Å². The molecule has 0 radical (unpaired) electrons. The van der Waals surface area contributed by atoms with Crippen LogP contribution in [0.4, 0.5) is 38.9 Å². The van der Waals surface area contributed by atoms with Gasteiger partial charge in [0.1, 0.15) is 0 Å². The second kappa shape index (κ2) is 12.3. The first kappa shape index (κ1) is 33.2. The van der Waals surface area contributed by atoms with E-state index in [9.17, 15) is 24.0 Å². The predicted octanol–water partition coefficient (Wildman–Crippen LogP) is 7.68. The van der Waals surface area contributed by atoms with Crippen LogP contribution in [0.3, 0.4) is 0 Å². The van der Waals surface area contributed by atoms with Gasteiger partial charge in [-0.05, 0) is 73.2 Å². The number of para-hydroxylation sites is 2. The molecule has 6 amide bonds. The van der Waals surface area contributed by atoms with E-state index >= 15 is 0 Å². The molecule has 0 bridgehead atoms. The summed E-state index contributed by atoms with van der Waals surface area (Å²) in [6.45, 7) is 1.79. The van der Waals surface area contributed by atoms with Crippen LogP contribution < -0.4 is 30.2 Å². The van der Waals surface area contributed by atoms with Crippen molar-refractivity contribution in [1.29, 1.82) is 0 Å². The van der Waals surface area contributed by atoms with E-state index < -0.39 is 29.7 Å². The largest absolute Gasteiger partial charge is 0.377 e. The Hall–Kier alpha value is -7.01. The molecular formula is C42H34N6O5. The monoisotopic (exact) mass is 702 g/mol. The van der Waals surface area contributed by atoms with E-state index in [1.54, 1.807) is 85.8 Å².